The number of sulfonamides is 1. The van der Waals surface area contributed by atoms with Gasteiger partial charge >= 0.3 is 5.97 Å². The Balaban J connectivity index is 1.57. The van der Waals surface area contributed by atoms with Crippen LogP contribution in [-0.2, 0) is 10.0 Å². The molecule has 9 nitrogen and oxygen atoms in total. The van der Waals surface area contributed by atoms with Gasteiger partial charge in [-0.2, -0.15) is 0 Å². The molecule has 148 valence electrons. The highest BCUT2D eigenvalue weighted by Crippen LogP contribution is 2.41. The van der Waals surface area contributed by atoms with Crippen molar-refractivity contribution in [1.29, 1.82) is 0 Å². The second-order valence-electron chi connectivity index (χ2n) is 7.47. The highest BCUT2D eigenvalue weighted by atomic mass is 127. The number of hydrogen-bond donors (Lipinski definition) is 3. The van der Waals surface area contributed by atoms with Crippen LogP contribution >= 0.6 is 22.6 Å². The molecule has 11 heteroatoms. The zero-order valence-corrected chi connectivity index (χ0v) is 17.6. The molecule has 2 saturated carbocycles. The summed E-state index contributed by atoms with van der Waals surface area (Å²) in [6.07, 6.45) is 6.00. The zero-order valence-electron chi connectivity index (χ0n) is 14.7. The van der Waals surface area contributed by atoms with Crippen LogP contribution in [0.3, 0.4) is 0 Å². The lowest BCUT2D eigenvalue weighted by Gasteiger charge is -2.14. The van der Waals surface area contributed by atoms with Crippen LogP contribution in [0.2, 0.25) is 0 Å². The number of nitrogens with zero attached hydrogens (tertiary/aromatic N) is 3. The van der Waals surface area contributed by atoms with E-state index in [2.05, 4.69) is 42.3 Å². The van der Waals surface area contributed by atoms with E-state index in [1.165, 1.54) is 6.20 Å². The summed E-state index contributed by atoms with van der Waals surface area (Å²) >= 11 is 2.32. The first kappa shape index (κ1) is 18.3. The molecule has 3 atom stereocenters. The lowest BCUT2D eigenvalue weighted by molar-refractivity contribution is 0.0693. The van der Waals surface area contributed by atoms with Crippen LogP contribution in [0, 0.1) is 0 Å². The molecule has 5 rings (SSSR count). The van der Waals surface area contributed by atoms with E-state index in [1.54, 1.807) is 6.20 Å². The zero-order chi connectivity index (χ0) is 19.6. The van der Waals surface area contributed by atoms with Gasteiger partial charge in [-0.15, -0.1) is 0 Å². The van der Waals surface area contributed by atoms with Crippen LogP contribution in [0.25, 0.3) is 16.7 Å². The fourth-order valence-corrected chi connectivity index (χ4v) is 6.88. The summed E-state index contributed by atoms with van der Waals surface area (Å²) in [5, 5.41) is 9.34. The summed E-state index contributed by atoms with van der Waals surface area (Å²) < 4.78 is 29.5. The Labute approximate surface area is 174 Å². The maximum absolute atomic E-state index is 12.3. The summed E-state index contributed by atoms with van der Waals surface area (Å²) in [4.78, 5) is 23.5. The summed E-state index contributed by atoms with van der Waals surface area (Å²) in [5.41, 5.74) is 1.83. The van der Waals surface area contributed by atoms with Crippen molar-refractivity contribution in [3.8, 4) is 0 Å². The van der Waals surface area contributed by atoms with E-state index in [1.807, 2.05) is 10.5 Å². The number of carboxylic acid groups (broad SMARTS) is 1. The van der Waals surface area contributed by atoms with Crippen molar-refractivity contribution in [3.63, 3.8) is 0 Å². The van der Waals surface area contributed by atoms with Crippen LogP contribution in [0.1, 0.15) is 47.9 Å². The van der Waals surface area contributed by atoms with E-state index in [4.69, 9.17) is 0 Å². The van der Waals surface area contributed by atoms with Crippen LogP contribution in [0.4, 0.5) is 0 Å². The van der Waals surface area contributed by atoms with Gasteiger partial charge in [0, 0.05) is 22.1 Å². The molecule has 2 aliphatic rings. The number of imidazole rings is 1. The largest absolute Gasteiger partial charge is 0.476 e. The number of alkyl halides is 1. The topological polar surface area (TPSA) is 129 Å². The second-order valence-corrected chi connectivity index (χ2v) is 11.1. The third kappa shape index (κ3) is 2.90. The van der Waals surface area contributed by atoms with Gasteiger partial charge in [-0.05, 0) is 31.7 Å². The molecule has 0 spiro atoms. The van der Waals surface area contributed by atoms with Gasteiger partial charge in [0.15, 0.2) is 11.3 Å². The molecule has 0 amide bonds. The molecule has 0 unspecified atom stereocenters. The minimum Gasteiger partial charge on any atom is -0.476 e. The molecule has 3 aromatic heterocycles. The summed E-state index contributed by atoms with van der Waals surface area (Å²) in [6.45, 7) is 0. The van der Waals surface area contributed by atoms with Crippen molar-refractivity contribution >= 4 is 55.3 Å². The first-order valence-electron chi connectivity index (χ1n) is 9.08. The predicted octanol–water partition coefficient (Wildman–Crippen LogP) is 2.04. The van der Waals surface area contributed by atoms with Gasteiger partial charge in [0.1, 0.15) is 5.82 Å². The Morgan fingerprint density at radius 1 is 1.32 bits per heavy atom. The highest BCUT2D eigenvalue weighted by molar-refractivity contribution is 14.1. The van der Waals surface area contributed by atoms with Crippen molar-refractivity contribution in [2.24, 2.45) is 0 Å². The van der Waals surface area contributed by atoms with Gasteiger partial charge in [0.05, 0.1) is 22.5 Å². The van der Waals surface area contributed by atoms with Crippen molar-refractivity contribution in [2.45, 2.75) is 46.8 Å². The molecule has 0 saturated heterocycles. The monoisotopic (exact) mass is 515 g/mol. The minimum absolute atomic E-state index is 0.0313. The van der Waals surface area contributed by atoms with Crippen molar-refractivity contribution in [3.05, 3.63) is 30.0 Å². The molecule has 2 fully saturated rings. The maximum atomic E-state index is 12.3. The Kier molecular flexibility index (Phi) is 4.18. The third-order valence-electron chi connectivity index (χ3n) is 5.51. The first-order chi connectivity index (χ1) is 13.3. The average molecular weight is 515 g/mol. The Morgan fingerprint density at radius 2 is 2.11 bits per heavy atom. The van der Waals surface area contributed by atoms with Crippen LogP contribution in [0.15, 0.2) is 18.5 Å². The second kappa shape index (κ2) is 6.39. The number of rotatable bonds is 5. The van der Waals surface area contributed by atoms with E-state index < -0.39 is 16.0 Å². The van der Waals surface area contributed by atoms with E-state index in [9.17, 15) is 18.3 Å². The number of aromatic nitrogens is 4. The molecule has 0 aliphatic heterocycles. The van der Waals surface area contributed by atoms with Gasteiger partial charge in [-0.25, -0.2) is 27.9 Å². The fraction of sp³-hybridized carbons (Fsp3) is 0.471. The maximum Gasteiger partial charge on any atom is 0.356 e. The standard InChI is InChI=1S/C17H18IN5O4S/c18-11-6-8(22-28(26,27)9-1-2-9)5-10(11)16-21-14(17(24)25)13-7-20-15-12(23(13)16)3-4-19-15/h3-4,7-11,19,22H,1-2,5-6H2,(H,24,25)/t8-,10-,11-/m1/s1. The van der Waals surface area contributed by atoms with Gasteiger partial charge in [0.25, 0.3) is 0 Å². The fourth-order valence-electron chi connectivity index (χ4n) is 4.05. The van der Waals surface area contributed by atoms with Crippen molar-refractivity contribution in [2.75, 3.05) is 0 Å². The summed E-state index contributed by atoms with van der Waals surface area (Å²) in [7, 11) is -3.27. The van der Waals surface area contributed by atoms with Gasteiger partial charge in [-0.1, -0.05) is 22.6 Å². The number of H-pyrrole nitrogens is 1. The molecule has 0 aromatic carbocycles. The summed E-state index contributed by atoms with van der Waals surface area (Å²) in [5.74, 6) is -0.519. The third-order valence-corrected chi connectivity index (χ3v) is 8.90. The van der Waals surface area contributed by atoms with E-state index >= 15 is 0 Å². The number of fused-ring (bicyclic) bond motifs is 3. The average Bonchev–Trinajstić information content (AvgIpc) is 3.12. The normalized spacial score (nSPS) is 25.7. The van der Waals surface area contributed by atoms with Crippen LogP contribution in [0.5, 0.6) is 0 Å². The van der Waals surface area contributed by atoms with E-state index in [-0.39, 0.29) is 26.8 Å². The molecular formula is C17H18IN5O4S. The van der Waals surface area contributed by atoms with Gasteiger partial charge in [0.2, 0.25) is 10.0 Å². The molecule has 3 aromatic rings. The quantitative estimate of drug-likeness (QED) is 0.353. The highest BCUT2D eigenvalue weighted by Gasteiger charge is 2.42. The predicted molar refractivity (Wildman–Crippen MR) is 110 cm³/mol. The number of hydrogen-bond acceptors (Lipinski definition) is 5. The number of carboxylic acids is 1. The van der Waals surface area contributed by atoms with Crippen LogP contribution in [-0.4, -0.2) is 54.1 Å². The number of carbonyl (C=O) groups is 1. The number of nitrogens with one attached hydrogen (secondary N) is 2. The van der Waals surface area contributed by atoms with E-state index in [0.29, 0.717) is 29.8 Å². The summed E-state index contributed by atoms with van der Waals surface area (Å²) in [6, 6.07) is 1.68. The molecule has 3 heterocycles. The van der Waals surface area contributed by atoms with Crippen molar-refractivity contribution in [1.82, 2.24) is 24.1 Å². The molecule has 0 bridgehead atoms. The van der Waals surface area contributed by atoms with Crippen LogP contribution < -0.4 is 4.72 Å². The van der Waals surface area contributed by atoms with Gasteiger partial charge < -0.3 is 10.1 Å². The van der Waals surface area contributed by atoms with Crippen molar-refractivity contribution < 1.29 is 18.3 Å². The number of aromatic amines is 1. The SMILES string of the molecule is O=C(O)c1nc([C@@H]2C[C@@H](NS(=O)(=O)C3CC3)C[C@H]2I)n2c1cnc1[nH]ccc12. The smallest absolute Gasteiger partial charge is 0.356 e. The number of aromatic carboxylic acids is 1. The lowest BCUT2D eigenvalue weighted by Crippen LogP contribution is -2.35. The molecule has 2 aliphatic carbocycles. The van der Waals surface area contributed by atoms with Gasteiger partial charge in [-0.3, -0.25) is 4.40 Å². The minimum atomic E-state index is -3.27. The van der Waals surface area contributed by atoms with E-state index in [0.717, 1.165) is 18.4 Å². The number of halogens is 1. The Bertz CT molecular complexity index is 1200. The first-order valence-corrected chi connectivity index (χ1v) is 11.9. The molecule has 0 radical (unpaired) electrons. The molecule has 28 heavy (non-hydrogen) atoms. The molecular weight excluding hydrogens is 497 g/mol. The molecule has 3 N–H and O–H groups in total. The lowest BCUT2D eigenvalue weighted by atomic mass is 10.1. The Hall–Kier alpha value is -1.73. The Morgan fingerprint density at radius 3 is 2.82 bits per heavy atom.